The molecule has 1 heterocycles. The minimum absolute atomic E-state index is 0.0208. The summed E-state index contributed by atoms with van der Waals surface area (Å²) in [5.74, 6) is -3.00. The molecule has 1 fully saturated rings. The lowest BCUT2D eigenvalue weighted by atomic mass is 9.90. The van der Waals surface area contributed by atoms with Crippen LogP contribution >= 0.6 is 0 Å². The van der Waals surface area contributed by atoms with Crippen LogP contribution in [0.15, 0.2) is 77.7 Å². The van der Waals surface area contributed by atoms with Crippen molar-refractivity contribution >= 4 is 16.1 Å². The van der Waals surface area contributed by atoms with Crippen LogP contribution in [0.4, 0.5) is 26.7 Å². The summed E-state index contributed by atoms with van der Waals surface area (Å²) < 4.78 is 103. The van der Waals surface area contributed by atoms with E-state index in [-0.39, 0.29) is 31.7 Å². The summed E-state index contributed by atoms with van der Waals surface area (Å²) >= 11 is 0. The van der Waals surface area contributed by atoms with E-state index in [0.717, 1.165) is 42.0 Å². The maximum Gasteiger partial charge on any atom is 0.573 e. The Labute approximate surface area is 214 Å². The van der Waals surface area contributed by atoms with E-state index in [2.05, 4.69) is 9.46 Å². The fraction of sp³-hybridized carbons (Fsp3) is 0.240. The van der Waals surface area contributed by atoms with Crippen LogP contribution < -0.4 is 9.46 Å². The quantitative estimate of drug-likeness (QED) is 0.411. The molecule has 1 aliphatic rings. The Morgan fingerprint density at radius 2 is 1.66 bits per heavy atom. The Bertz CT molecular complexity index is 1400. The highest BCUT2D eigenvalue weighted by Gasteiger charge is 2.45. The first-order chi connectivity index (χ1) is 17.9. The molecule has 3 aromatic carbocycles. The van der Waals surface area contributed by atoms with Gasteiger partial charge in [-0.3, -0.25) is 0 Å². The van der Waals surface area contributed by atoms with Gasteiger partial charge in [-0.25, -0.2) is 22.0 Å². The van der Waals surface area contributed by atoms with E-state index in [4.69, 9.17) is 4.74 Å². The SMILES string of the molecule is O=C(OCc1ccccc1)N1CCC(NS(=O)(=O)c2ccc(OC(F)(F)F)cc2)(c2ccc(F)c(F)c2)C1. The van der Waals surface area contributed by atoms with Gasteiger partial charge in [-0.15, -0.1) is 13.2 Å². The van der Waals surface area contributed by atoms with Crippen LogP contribution in [0.2, 0.25) is 0 Å². The van der Waals surface area contributed by atoms with Gasteiger partial charge in [-0.1, -0.05) is 36.4 Å². The maximum absolute atomic E-state index is 14.1. The average Bonchev–Trinajstić information content (AvgIpc) is 3.29. The predicted molar refractivity (Wildman–Crippen MR) is 124 cm³/mol. The third-order valence-electron chi connectivity index (χ3n) is 5.90. The van der Waals surface area contributed by atoms with Gasteiger partial charge in [0.05, 0.1) is 10.4 Å². The number of nitrogens with one attached hydrogen (secondary N) is 1. The number of amides is 1. The highest BCUT2D eigenvalue weighted by Crippen LogP contribution is 2.35. The van der Waals surface area contributed by atoms with Crippen LogP contribution in [-0.2, 0) is 26.9 Å². The second kappa shape index (κ2) is 10.6. The largest absolute Gasteiger partial charge is 0.573 e. The fourth-order valence-electron chi connectivity index (χ4n) is 4.08. The molecule has 1 aliphatic heterocycles. The minimum Gasteiger partial charge on any atom is -0.445 e. The lowest BCUT2D eigenvalue weighted by Gasteiger charge is -2.31. The van der Waals surface area contributed by atoms with Crippen molar-refractivity contribution in [2.45, 2.75) is 29.8 Å². The van der Waals surface area contributed by atoms with E-state index >= 15 is 0 Å². The number of carbonyl (C=O) groups excluding carboxylic acids is 1. The minimum atomic E-state index is -4.96. The van der Waals surface area contributed by atoms with Crippen LogP contribution in [0.25, 0.3) is 0 Å². The number of alkyl halides is 3. The van der Waals surface area contributed by atoms with Crippen LogP contribution in [0, 0.1) is 11.6 Å². The molecule has 1 unspecified atom stereocenters. The number of hydrogen-bond acceptors (Lipinski definition) is 5. The van der Waals surface area contributed by atoms with Crippen molar-refractivity contribution in [3.63, 3.8) is 0 Å². The smallest absolute Gasteiger partial charge is 0.445 e. The molecule has 1 amide bonds. The molecule has 3 aromatic rings. The van der Waals surface area contributed by atoms with Crippen molar-refractivity contribution < 1.29 is 44.6 Å². The van der Waals surface area contributed by atoms with Crippen molar-refractivity contribution in [3.8, 4) is 5.75 Å². The molecule has 0 saturated carbocycles. The number of likely N-dealkylation sites (tertiary alicyclic amines) is 1. The summed E-state index contributed by atoms with van der Waals surface area (Å²) in [6, 6.07) is 15.2. The number of benzene rings is 3. The first kappa shape index (κ1) is 27.3. The van der Waals surface area contributed by atoms with Crippen LogP contribution in [0.5, 0.6) is 5.75 Å². The Balaban J connectivity index is 1.58. The summed E-state index contributed by atoms with van der Waals surface area (Å²) in [7, 11) is -4.42. The molecule has 0 radical (unpaired) electrons. The molecule has 1 atom stereocenters. The van der Waals surface area contributed by atoms with Gasteiger partial charge >= 0.3 is 12.5 Å². The highest BCUT2D eigenvalue weighted by atomic mass is 32.2. The normalized spacial score (nSPS) is 17.9. The van der Waals surface area contributed by atoms with Gasteiger partial charge < -0.3 is 14.4 Å². The van der Waals surface area contributed by atoms with Crippen molar-refractivity contribution in [2.75, 3.05) is 13.1 Å². The number of ether oxygens (including phenoxy) is 2. The zero-order valence-corrected chi connectivity index (χ0v) is 20.4. The summed E-state index contributed by atoms with van der Waals surface area (Å²) in [5, 5.41) is 0. The van der Waals surface area contributed by atoms with E-state index in [1.807, 2.05) is 0 Å². The first-order valence-electron chi connectivity index (χ1n) is 11.2. The Hall–Kier alpha value is -3.71. The maximum atomic E-state index is 14.1. The van der Waals surface area contributed by atoms with Gasteiger partial charge in [-0.2, -0.15) is 4.72 Å². The molecule has 0 spiro atoms. The van der Waals surface area contributed by atoms with Crippen LogP contribution in [-0.4, -0.2) is 38.9 Å². The topological polar surface area (TPSA) is 84.9 Å². The number of halogens is 5. The summed E-state index contributed by atoms with van der Waals surface area (Å²) in [6.45, 7) is -0.292. The summed E-state index contributed by atoms with van der Waals surface area (Å²) in [5.41, 5.74) is -0.804. The van der Waals surface area contributed by atoms with Gasteiger partial charge in [0.2, 0.25) is 10.0 Å². The first-order valence-corrected chi connectivity index (χ1v) is 12.7. The van der Waals surface area contributed by atoms with Crippen molar-refractivity contribution in [2.24, 2.45) is 0 Å². The molecule has 202 valence electrons. The molecular weight excluding hydrogens is 535 g/mol. The van der Waals surface area contributed by atoms with Gasteiger partial charge in [0, 0.05) is 13.1 Å². The van der Waals surface area contributed by atoms with E-state index in [1.54, 1.807) is 30.3 Å². The third kappa shape index (κ3) is 6.40. The standard InChI is InChI=1S/C25H21F5N2O5S/c26-21-11-6-18(14-22(21)27)24(12-13-32(16-24)23(33)36-15-17-4-2-1-3-5-17)31-38(34,35)20-9-7-19(8-10-20)37-25(28,29)30/h1-11,14,31H,12-13,15-16H2. The monoisotopic (exact) mass is 556 g/mol. The molecule has 0 bridgehead atoms. The summed E-state index contributed by atoms with van der Waals surface area (Å²) in [6.07, 6.45) is -5.73. The fourth-order valence-corrected chi connectivity index (χ4v) is 5.50. The molecule has 1 saturated heterocycles. The second-order valence-corrected chi connectivity index (χ2v) is 10.2. The predicted octanol–water partition coefficient (Wildman–Crippen LogP) is 5.08. The number of nitrogens with zero attached hydrogens (tertiary/aromatic N) is 1. The number of carbonyl (C=O) groups is 1. The van der Waals surface area contributed by atoms with E-state index in [0.29, 0.717) is 0 Å². The Morgan fingerprint density at radius 3 is 2.29 bits per heavy atom. The molecule has 0 aliphatic carbocycles. The molecule has 38 heavy (non-hydrogen) atoms. The van der Waals surface area contributed by atoms with Gasteiger partial charge in [0.15, 0.2) is 11.6 Å². The van der Waals surface area contributed by atoms with Crippen molar-refractivity contribution in [3.05, 3.63) is 95.6 Å². The molecule has 7 nitrogen and oxygen atoms in total. The second-order valence-electron chi connectivity index (χ2n) is 8.55. The highest BCUT2D eigenvalue weighted by molar-refractivity contribution is 7.89. The van der Waals surface area contributed by atoms with E-state index in [9.17, 15) is 35.2 Å². The van der Waals surface area contributed by atoms with Crippen LogP contribution in [0.3, 0.4) is 0 Å². The van der Waals surface area contributed by atoms with Gasteiger partial charge in [0.25, 0.3) is 0 Å². The van der Waals surface area contributed by atoms with Crippen molar-refractivity contribution in [1.29, 1.82) is 0 Å². The molecule has 0 aromatic heterocycles. The zero-order chi connectivity index (χ0) is 27.6. The van der Waals surface area contributed by atoms with E-state index in [1.165, 1.54) is 11.0 Å². The Kier molecular flexibility index (Phi) is 7.61. The number of sulfonamides is 1. The van der Waals surface area contributed by atoms with Crippen LogP contribution in [0.1, 0.15) is 17.5 Å². The van der Waals surface area contributed by atoms with E-state index < -0.39 is 50.3 Å². The third-order valence-corrected chi connectivity index (χ3v) is 7.45. The van der Waals surface area contributed by atoms with Gasteiger partial charge in [-0.05, 0) is 53.9 Å². The van der Waals surface area contributed by atoms with Crippen molar-refractivity contribution in [1.82, 2.24) is 9.62 Å². The molecular formula is C25H21F5N2O5S. The molecule has 13 heteroatoms. The Morgan fingerprint density at radius 1 is 0.974 bits per heavy atom. The zero-order valence-electron chi connectivity index (χ0n) is 19.5. The number of hydrogen-bond donors (Lipinski definition) is 1. The summed E-state index contributed by atoms with van der Waals surface area (Å²) in [4.78, 5) is 13.6. The lowest BCUT2D eigenvalue weighted by molar-refractivity contribution is -0.274. The lowest BCUT2D eigenvalue weighted by Crippen LogP contribution is -2.48. The molecule has 1 N–H and O–H groups in total. The number of rotatable bonds is 7. The van der Waals surface area contributed by atoms with Gasteiger partial charge in [0.1, 0.15) is 12.4 Å². The average molecular weight is 557 g/mol. The molecule has 4 rings (SSSR count).